The Morgan fingerprint density at radius 3 is 2.29 bits per heavy atom. The van der Waals surface area contributed by atoms with Crippen molar-refractivity contribution in [2.75, 3.05) is 0 Å². The van der Waals surface area contributed by atoms with Crippen LogP contribution >= 0.6 is 11.6 Å². The molecule has 0 aliphatic carbocycles. The Bertz CT molecular complexity index is 540. The van der Waals surface area contributed by atoms with E-state index in [9.17, 15) is 13.2 Å². The second-order valence-corrected chi connectivity index (χ2v) is 3.60. The van der Waals surface area contributed by atoms with Crippen molar-refractivity contribution in [1.29, 1.82) is 0 Å². The quantitative estimate of drug-likeness (QED) is 0.777. The number of rotatable bonds is 1. The van der Waals surface area contributed by atoms with E-state index in [0.717, 1.165) is 6.07 Å². The highest BCUT2D eigenvalue weighted by atomic mass is 35.5. The first-order chi connectivity index (χ1) is 8.00. The molecule has 0 atom stereocenters. The molecule has 2 aromatic rings. The molecule has 0 amide bonds. The average Bonchev–Trinajstić information content (AvgIpc) is 2.28. The summed E-state index contributed by atoms with van der Waals surface area (Å²) in [4.78, 5) is 7.54. The molecule has 2 nitrogen and oxygen atoms in total. The lowest BCUT2D eigenvalue weighted by Gasteiger charge is -2.12. The fourth-order valence-corrected chi connectivity index (χ4v) is 1.65. The lowest BCUT2D eigenvalue weighted by Crippen LogP contribution is -2.07. The molecule has 0 aliphatic heterocycles. The van der Waals surface area contributed by atoms with Crippen LogP contribution in [-0.4, -0.2) is 9.97 Å². The number of hydrogen-bond donors (Lipinski definition) is 0. The van der Waals surface area contributed by atoms with Gasteiger partial charge in [-0.1, -0.05) is 29.8 Å². The second-order valence-electron chi connectivity index (χ2n) is 3.24. The topological polar surface area (TPSA) is 25.8 Å². The van der Waals surface area contributed by atoms with Gasteiger partial charge >= 0.3 is 6.18 Å². The molecule has 1 aromatic carbocycles. The van der Waals surface area contributed by atoms with Gasteiger partial charge in [-0.15, -0.1) is 0 Å². The zero-order valence-corrected chi connectivity index (χ0v) is 9.13. The van der Waals surface area contributed by atoms with Crippen LogP contribution in [0.1, 0.15) is 5.56 Å². The summed E-state index contributed by atoms with van der Waals surface area (Å²) < 4.78 is 38.3. The number of benzene rings is 1. The van der Waals surface area contributed by atoms with Crippen LogP contribution in [0.3, 0.4) is 0 Å². The predicted molar refractivity (Wildman–Crippen MR) is 57.5 cm³/mol. The van der Waals surface area contributed by atoms with Crippen LogP contribution in [0.25, 0.3) is 11.3 Å². The molecule has 0 saturated heterocycles. The van der Waals surface area contributed by atoms with Gasteiger partial charge in [0.2, 0.25) is 0 Å². The fourth-order valence-electron chi connectivity index (χ4n) is 1.44. The van der Waals surface area contributed by atoms with Crippen molar-refractivity contribution in [3.8, 4) is 11.3 Å². The molecule has 1 heterocycles. The summed E-state index contributed by atoms with van der Waals surface area (Å²) in [5.74, 6) is 0. The van der Waals surface area contributed by atoms with E-state index in [1.165, 1.54) is 30.6 Å². The molecular formula is C11H6ClF3N2. The Kier molecular flexibility index (Phi) is 3.02. The van der Waals surface area contributed by atoms with Crippen LogP contribution in [0.4, 0.5) is 13.2 Å². The molecule has 0 aliphatic rings. The minimum Gasteiger partial charge on any atom is -0.251 e. The number of alkyl halides is 3. The maximum atomic E-state index is 12.8. The van der Waals surface area contributed by atoms with E-state index in [0.29, 0.717) is 0 Å². The van der Waals surface area contributed by atoms with Gasteiger partial charge in [0.1, 0.15) is 5.69 Å². The van der Waals surface area contributed by atoms with Crippen LogP contribution in [-0.2, 0) is 6.18 Å². The number of aromatic nitrogens is 2. The Morgan fingerprint density at radius 1 is 1.00 bits per heavy atom. The fraction of sp³-hybridized carbons (Fsp3) is 0.0909. The standard InChI is InChI=1S/C11H6ClF3N2/c12-10-9(16-5-6-17-10)7-3-1-2-4-8(7)11(13,14)15/h1-6H. The molecule has 0 fully saturated rings. The number of hydrogen-bond acceptors (Lipinski definition) is 2. The molecule has 2 rings (SSSR count). The summed E-state index contributed by atoms with van der Waals surface area (Å²) in [5.41, 5.74) is -0.817. The van der Waals surface area contributed by atoms with Crippen LogP contribution in [0.2, 0.25) is 5.15 Å². The van der Waals surface area contributed by atoms with Gasteiger partial charge in [0, 0.05) is 18.0 Å². The highest BCUT2D eigenvalue weighted by Crippen LogP contribution is 2.37. The van der Waals surface area contributed by atoms with E-state index in [2.05, 4.69) is 9.97 Å². The van der Waals surface area contributed by atoms with E-state index in [1.54, 1.807) is 0 Å². The van der Waals surface area contributed by atoms with Gasteiger partial charge in [-0.25, -0.2) is 4.98 Å². The van der Waals surface area contributed by atoms with Crippen molar-refractivity contribution in [2.45, 2.75) is 6.18 Å². The van der Waals surface area contributed by atoms with Crippen LogP contribution in [0.5, 0.6) is 0 Å². The Morgan fingerprint density at radius 2 is 1.65 bits per heavy atom. The van der Waals surface area contributed by atoms with Crippen molar-refractivity contribution in [2.24, 2.45) is 0 Å². The number of nitrogens with zero attached hydrogens (tertiary/aromatic N) is 2. The van der Waals surface area contributed by atoms with E-state index in [4.69, 9.17) is 11.6 Å². The lowest BCUT2D eigenvalue weighted by molar-refractivity contribution is -0.137. The molecule has 17 heavy (non-hydrogen) atoms. The first-order valence-corrected chi connectivity index (χ1v) is 5.01. The van der Waals surface area contributed by atoms with E-state index >= 15 is 0 Å². The molecule has 0 radical (unpaired) electrons. The second kappa shape index (κ2) is 4.33. The van der Waals surface area contributed by atoms with E-state index in [1.807, 2.05) is 0 Å². The van der Waals surface area contributed by atoms with Crippen molar-refractivity contribution in [1.82, 2.24) is 9.97 Å². The molecule has 0 bridgehead atoms. The van der Waals surface area contributed by atoms with Crippen molar-refractivity contribution in [3.63, 3.8) is 0 Å². The highest BCUT2D eigenvalue weighted by molar-refractivity contribution is 6.31. The summed E-state index contributed by atoms with van der Waals surface area (Å²) >= 11 is 5.74. The van der Waals surface area contributed by atoms with Gasteiger partial charge < -0.3 is 0 Å². The first kappa shape index (κ1) is 11.9. The predicted octanol–water partition coefficient (Wildman–Crippen LogP) is 3.82. The summed E-state index contributed by atoms with van der Waals surface area (Å²) in [5, 5.41) is -0.0517. The summed E-state index contributed by atoms with van der Waals surface area (Å²) in [7, 11) is 0. The summed E-state index contributed by atoms with van der Waals surface area (Å²) in [6, 6.07) is 5.12. The van der Waals surface area contributed by atoms with Crippen molar-refractivity contribution in [3.05, 3.63) is 47.4 Å². The summed E-state index contributed by atoms with van der Waals surface area (Å²) in [6.45, 7) is 0. The van der Waals surface area contributed by atoms with Crippen molar-refractivity contribution < 1.29 is 13.2 Å². The third kappa shape index (κ3) is 2.39. The van der Waals surface area contributed by atoms with Crippen LogP contribution in [0.15, 0.2) is 36.7 Å². The minimum absolute atomic E-state index is 0.0297. The van der Waals surface area contributed by atoms with Gasteiger partial charge in [-0.05, 0) is 6.07 Å². The first-order valence-electron chi connectivity index (χ1n) is 4.63. The van der Waals surface area contributed by atoms with Crippen LogP contribution < -0.4 is 0 Å². The smallest absolute Gasteiger partial charge is 0.251 e. The zero-order chi connectivity index (χ0) is 12.5. The lowest BCUT2D eigenvalue weighted by atomic mass is 10.0. The van der Waals surface area contributed by atoms with E-state index < -0.39 is 11.7 Å². The molecule has 6 heteroatoms. The highest BCUT2D eigenvalue weighted by Gasteiger charge is 2.34. The van der Waals surface area contributed by atoms with Gasteiger partial charge in [0.15, 0.2) is 5.15 Å². The molecule has 0 saturated carbocycles. The molecular weight excluding hydrogens is 253 g/mol. The van der Waals surface area contributed by atoms with Gasteiger partial charge in [-0.2, -0.15) is 13.2 Å². The van der Waals surface area contributed by atoms with Gasteiger partial charge in [0.25, 0.3) is 0 Å². The summed E-state index contributed by atoms with van der Waals surface area (Å²) in [6.07, 6.45) is -1.83. The molecule has 0 unspecified atom stereocenters. The average molecular weight is 259 g/mol. The molecule has 0 spiro atoms. The monoisotopic (exact) mass is 258 g/mol. The number of halogens is 4. The SMILES string of the molecule is FC(F)(F)c1ccccc1-c1nccnc1Cl. The van der Waals surface area contributed by atoms with Gasteiger partial charge in [0.05, 0.1) is 5.56 Å². The molecule has 1 aromatic heterocycles. The third-order valence-corrected chi connectivity index (χ3v) is 2.42. The van der Waals surface area contributed by atoms with Crippen molar-refractivity contribution >= 4 is 11.6 Å². The maximum Gasteiger partial charge on any atom is 0.417 e. The maximum absolute atomic E-state index is 12.8. The molecule has 88 valence electrons. The van der Waals surface area contributed by atoms with Crippen LogP contribution in [0, 0.1) is 0 Å². The largest absolute Gasteiger partial charge is 0.417 e. The Balaban J connectivity index is 2.65. The minimum atomic E-state index is -4.45. The van der Waals surface area contributed by atoms with E-state index in [-0.39, 0.29) is 16.4 Å². The zero-order valence-electron chi connectivity index (χ0n) is 8.37. The normalized spacial score (nSPS) is 11.5. The third-order valence-electron chi connectivity index (χ3n) is 2.14. The molecule has 0 N–H and O–H groups in total. The Hall–Kier alpha value is -1.62. The van der Waals surface area contributed by atoms with Gasteiger partial charge in [-0.3, -0.25) is 4.98 Å². The Labute approximate surface area is 100 Å².